The molecule has 1 aliphatic heterocycles. The van der Waals surface area contributed by atoms with E-state index in [0.717, 1.165) is 12.5 Å². The number of aliphatic hydroxyl groups is 1. The van der Waals surface area contributed by atoms with Gasteiger partial charge >= 0.3 is 0 Å². The van der Waals surface area contributed by atoms with E-state index in [2.05, 4.69) is 20.8 Å². The molecular weight excluding hydrogens is 262 g/mol. The van der Waals surface area contributed by atoms with Gasteiger partial charge in [0, 0.05) is 0 Å². The Labute approximate surface area is 131 Å². The lowest BCUT2D eigenvalue weighted by Crippen LogP contribution is -3.14. The van der Waals surface area contributed by atoms with Crippen LogP contribution in [0.15, 0.2) is 0 Å². The van der Waals surface area contributed by atoms with E-state index in [-0.39, 0.29) is 6.10 Å². The molecule has 3 nitrogen and oxygen atoms in total. The van der Waals surface area contributed by atoms with Crippen LogP contribution in [0.5, 0.6) is 0 Å². The van der Waals surface area contributed by atoms with Crippen molar-refractivity contribution in [1.29, 1.82) is 0 Å². The van der Waals surface area contributed by atoms with E-state index in [1.807, 2.05) is 0 Å². The number of rotatable bonds is 5. The molecule has 0 bridgehead atoms. The zero-order chi connectivity index (χ0) is 15.3. The number of aliphatic hydroxyl groups excluding tert-OH is 1. The van der Waals surface area contributed by atoms with Crippen molar-refractivity contribution in [1.82, 2.24) is 0 Å². The molecule has 0 aromatic rings. The SMILES string of the molecule is CC(C)(C)C1CCC(OCC(O)C[NH+]2CCCCC2)CC1. The van der Waals surface area contributed by atoms with Gasteiger partial charge in [0.05, 0.1) is 25.8 Å². The van der Waals surface area contributed by atoms with Crippen molar-refractivity contribution in [2.24, 2.45) is 11.3 Å². The molecular formula is C18H36NO2+. The van der Waals surface area contributed by atoms with Gasteiger partial charge in [0.1, 0.15) is 12.6 Å². The topological polar surface area (TPSA) is 33.9 Å². The maximum absolute atomic E-state index is 10.2. The van der Waals surface area contributed by atoms with E-state index in [0.29, 0.717) is 18.1 Å². The van der Waals surface area contributed by atoms with E-state index in [9.17, 15) is 5.11 Å². The lowest BCUT2D eigenvalue weighted by atomic mass is 9.72. The number of hydrogen-bond acceptors (Lipinski definition) is 2. The highest BCUT2D eigenvalue weighted by Crippen LogP contribution is 2.38. The lowest BCUT2D eigenvalue weighted by Gasteiger charge is -2.37. The predicted octanol–water partition coefficient (Wildman–Crippen LogP) is 2.04. The Hall–Kier alpha value is -0.120. The molecule has 124 valence electrons. The molecule has 1 saturated heterocycles. The quantitative estimate of drug-likeness (QED) is 0.814. The van der Waals surface area contributed by atoms with Gasteiger partial charge < -0.3 is 14.7 Å². The van der Waals surface area contributed by atoms with Gasteiger partial charge in [-0.1, -0.05) is 20.8 Å². The average molecular weight is 298 g/mol. The minimum atomic E-state index is -0.279. The number of piperidine rings is 1. The van der Waals surface area contributed by atoms with Gasteiger partial charge in [0.25, 0.3) is 0 Å². The molecule has 0 spiro atoms. The molecule has 1 unspecified atom stereocenters. The summed E-state index contributed by atoms with van der Waals surface area (Å²) in [6.07, 6.45) is 9.01. The molecule has 0 amide bonds. The van der Waals surface area contributed by atoms with Crippen molar-refractivity contribution in [2.75, 3.05) is 26.2 Å². The molecule has 1 aliphatic carbocycles. The Morgan fingerprint density at radius 1 is 1.05 bits per heavy atom. The normalized spacial score (nSPS) is 30.3. The average Bonchev–Trinajstić information content (AvgIpc) is 2.46. The molecule has 3 heteroatoms. The highest BCUT2D eigenvalue weighted by atomic mass is 16.5. The smallest absolute Gasteiger partial charge is 0.126 e. The number of hydrogen-bond donors (Lipinski definition) is 2. The highest BCUT2D eigenvalue weighted by molar-refractivity contribution is 4.81. The summed E-state index contributed by atoms with van der Waals surface area (Å²) in [7, 11) is 0. The van der Waals surface area contributed by atoms with Crippen molar-refractivity contribution in [2.45, 2.75) is 77.9 Å². The second-order valence-corrected chi connectivity index (χ2v) is 8.34. The first kappa shape index (κ1) is 17.2. The van der Waals surface area contributed by atoms with Crippen LogP contribution in [-0.2, 0) is 4.74 Å². The number of ether oxygens (including phenoxy) is 1. The fraction of sp³-hybridized carbons (Fsp3) is 1.00. The van der Waals surface area contributed by atoms with Crippen molar-refractivity contribution in [3.8, 4) is 0 Å². The van der Waals surface area contributed by atoms with Crippen molar-refractivity contribution in [3.63, 3.8) is 0 Å². The molecule has 1 atom stereocenters. The largest absolute Gasteiger partial charge is 0.385 e. The lowest BCUT2D eigenvalue weighted by molar-refractivity contribution is -0.908. The molecule has 0 radical (unpaired) electrons. The van der Waals surface area contributed by atoms with E-state index < -0.39 is 0 Å². The van der Waals surface area contributed by atoms with Crippen LogP contribution in [0.4, 0.5) is 0 Å². The predicted molar refractivity (Wildman–Crippen MR) is 86.6 cm³/mol. The van der Waals surface area contributed by atoms with E-state index in [4.69, 9.17) is 4.74 Å². The monoisotopic (exact) mass is 298 g/mol. The summed E-state index contributed by atoms with van der Waals surface area (Å²) >= 11 is 0. The molecule has 2 aliphatic rings. The first-order chi connectivity index (χ1) is 9.95. The summed E-state index contributed by atoms with van der Waals surface area (Å²) in [4.78, 5) is 1.56. The standard InChI is InChI=1S/C18H35NO2/c1-18(2,3)15-7-9-17(10-8-15)21-14-16(20)13-19-11-5-4-6-12-19/h15-17,20H,4-14H2,1-3H3/p+1. The summed E-state index contributed by atoms with van der Waals surface area (Å²) in [6, 6.07) is 0. The van der Waals surface area contributed by atoms with Crippen LogP contribution < -0.4 is 4.90 Å². The van der Waals surface area contributed by atoms with Crippen LogP contribution in [0.25, 0.3) is 0 Å². The van der Waals surface area contributed by atoms with Gasteiger partial charge in [-0.3, -0.25) is 0 Å². The molecule has 2 N–H and O–H groups in total. The Morgan fingerprint density at radius 2 is 1.67 bits per heavy atom. The van der Waals surface area contributed by atoms with E-state index in [1.54, 1.807) is 4.90 Å². The van der Waals surface area contributed by atoms with E-state index >= 15 is 0 Å². The molecule has 2 fully saturated rings. The second-order valence-electron chi connectivity index (χ2n) is 8.34. The number of quaternary nitrogens is 1. The zero-order valence-electron chi connectivity index (χ0n) is 14.4. The van der Waals surface area contributed by atoms with Gasteiger partial charge in [-0.05, 0) is 56.3 Å². The first-order valence-electron chi connectivity index (χ1n) is 9.08. The van der Waals surface area contributed by atoms with Gasteiger partial charge in [0.15, 0.2) is 0 Å². The van der Waals surface area contributed by atoms with Gasteiger partial charge in [-0.15, -0.1) is 0 Å². The molecule has 0 aromatic carbocycles. The van der Waals surface area contributed by atoms with Crippen LogP contribution in [0.2, 0.25) is 0 Å². The summed E-state index contributed by atoms with van der Waals surface area (Å²) in [5.41, 5.74) is 0.433. The Kier molecular flexibility index (Phi) is 6.51. The van der Waals surface area contributed by atoms with Gasteiger partial charge in [-0.2, -0.15) is 0 Å². The fourth-order valence-electron chi connectivity index (χ4n) is 3.99. The minimum Gasteiger partial charge on any atom is -0.385 e. The second kappa shape index (κ2) is 7.94. The Bertz CT molecular complexity index is 286. The fourth-order valence-corrected chi connectivity index (χ4v) is 3.99. The first-order valence-corrected chi connectivity index (χ1v) is 9.08. The van der Waals surface area contributed by atoms with Crippen molar-refractivity contribution >= 4 is 0 Å². The van der Waals surface area contributed by atoms with Crippen molar-refractivity contribution in [3.05, 3.63) is 0 Å². The number of nitrogens with one attached hydrogen (secondary N) is 1. The highest BCUT2D eigenvalue weighted by Gasteiger charge is 2.30. The zero-order valence-corrected chi connectivity index (χ0v) is 14.4. The van der Waals surface area contributed by atoms with Crippen LogP contribution in [-0.4, -0.2) is 43.6 Å². The Balaban J connectivity index is 1.60. The molecule has 1 saturated carbocycles. The summed E-state index contributed by atoms with van der Waals surface area (Å²) in [5, 5.41) is 10.2. The van der Waals surface area contributed by atoms with E-state index in [1.165, 1.54) is 58.0 Å². The molecule has 21 heavy (non-hydrogen) atoms. The summed E-state index contributed by atoms with van der Waals surface area (Å²) in [5.74, 6) is 0.833. The summed E-state index contributed by atoms with van der Waals surface area (Å²) in [6.45, 7) is 10.9. The van der Waals surface area contributed by atoms with Crippen LogP contribution in [0.1, 0.15) is 65.7 Å². The summed E-state index contributed by atoms with van der Waals surface area (Å²) < 4.78 is 5.98. The third-order valence-corrected chi connectivity index (χ3v) is 5.51. The number of likely N-dealkylation sites (tertiary alicyclic amines) is 1. The van der Waals surface area contributed by atoms with Crippen LogP contribution >= 0.6 is 0 Å². The minimum absolute atomic E-state index is 0.279. The maximum atomic E-state index is 10.2. The Morgan fingerprint density at radius 3 is 2.24 bits per heavy atom. The molecule has 0 aromatic heterocycles. The van der Waals surface area contributed by atoms with Crippen LogP contribution in [0, 0.1) is 11.3 Å². The maximum Gasteiger partial charge on any atom is 0.126 e. The van der Waals surface area contributed by atoms with Crippen LogP contribution in [0.3, 0.4) is 0 Å². The third kappa shape index (κ3) is 5.88. The molecule has 1 heterocycles. The third-order valence-electron chi connectivity index (χ3n) is 5.51. The van der Waals surface area contributed by atoms with Crippen molar-refractivity contribution < 1.29 is 14.7 Å². The van der Waals surface area contributed by atoms with Gasteiger partial charge in [0.2, 0.25) is 0 Å². The molecule has 2 rings (SSSR count). The van der Waals surface area contributed by atoms with Gasteiger partial charge in [-0.25, -0.2) is 0 Å².